The molecule has 2 aromatic rings. The quantitative estimate of drug-likeness (QED) is 0.372. The zero-order valence-electron chi connectivity index (χ0n) is 28.2. The van der Waals surface area contributed by atoms with Crippen molar-refractivity contribution < 1.29 is 24.2 Å². The van der Waals surface area contributed by atoms with Crippen LogP contribution in [0.1, 0.15) is 78.6 Å². The SMILES string of the molecule is CC(C)(C)C(=O)OC1CNC1.C[C@H](c1ccccc1)N1CC(O)C1.C[C@H](c1ccccc1)N1CC(OC(=O)C(C)(C)C)C1.Cl.Cl. The first-order valence-electron chi connectivity index (χ1n) is 15.5. The van der Waals surface area contributed by atoms with Gasteiger partial charge in [0.15, 0.2) is 0 Å². The fraction of sp³-hybridized carbons (Fsp3) is 0.600. The highest BCUT2D eigenvalue weighted by Crippen LogP contribution is 2.28. The number of carbonyl (C=O) groups is 2. The van der Waals surface area contributed by atoms with Crippen molar-refractivity contribution in [3.8, 4) is 0 Å². The molecule has 5 rings (SSSR count). The van der Waals surface area contributed by atoms with E-state index in [1.54, 1.807) is 0 Å². The molecular formula is C35H55Cl2N3O5. The second-order valence-electron chi connectivity index (χ2n) is 13.9. The van der Waals surface area contributed by atoms with Gasteiger partial charge < -0.3 is 19.9 Å². The molecule has 254 valence electrons. The monoisotopic (exact) mass is 667 g/mol. The van der Waals surface area contributed by atoms with Gasteiger partial charge in [0.25, 0.3) is 0 Å². The number of carbonyl (C=O) groups excluding carboxylic acids is 2. The van der Waals surface area contributed by atoms with E-state index in [2.05, 4.69) is 77.5 Å². The number of β-amino-alcohol motifs (C(OH)–C–C–N with tert-alkyl or cyclic N) is 1. The number of aliphatic hydroxyl groups excluding tert-OH is 1. The third-order valence-electron chi connectivity index (χ3n) is 7.94. The molecule has 8 nitrogen and oxygen atoms in total. The molecule has 0 bridgehead atoms. The van der Waals surface area contributed by atoms with Crippen LogP contribution < -0.4 is 5.32 Å². The predicted molar refractivity (Wildman–Crippen MR) is 185 cm³/mol. The van der Waals surface area contributed by atoms with Crippen LogP contribution in [-0.2, 0) is 19.1 Å². The maximum atomic E-state index is 11.8. The highest BCUT2D eigenvalue weighted by atomic mass is 35.5. The Balaban J connectivity index is 0.000000344. The predicted octanol–water partition coefficient (Wildman–Crippen LogP) is 5.84. The van der Waals surface area contributed by atoms with Gasteiger partial charge in [0.05, 0.1) is 16.9 Å². The van der Waals surface area contributed by atoms with Gasteiger partial charge in [-0.2, -0.15) is 0 Å². The van der Waals surface area contributed by atoms with Gasteiger partial charge in [-0.05, 0) is 66.5 Å². The molecule has 3 fully saturated rings. The van der Waals surface area contributed by atoms with Crippen molar-refractivity contribution in [2.75, 3.05) is 39.3 Å². The fourth-order valence-electron chi connectivity index (χ4n) is 4.55. The topological polar surface area (TPSA) is 91.3 Å². The summed E-state index contributed by atoms with van der Waals surface area (Å²) in [5.74, 6) is -0.214. The van der Waals surface area contributed by atoms with Crippen LogP contribution >= 0.6 is 24.8 Å². The van der Waals surface area contributed by atoms with Crippen LogP contribution in [0.4, 0.5) is 0 Å². The maximum absolute atomic E-state index is 11.8. The average molecular weight is 669 g/mol. The molecule has 2 atom stereocenters. The lowest BCUT2D eigenvalue weighted by Crippen LogP contribution is -2.54. The molecule has 0 unspecified atom stereocenters. The molecule has 3 aliphatic rings. The van der Waals surface area contributed by atoms with E-state index in [-0.39, 0.29) is 60.5 Å². The molecule has 0 aromatic heterocycles. The van der Waals surface area contributed by atoms with Crippen LogP contribution in [0.3, 0.4) is 0 Å². The Kier molecular flexibility index (Phi) is 16.5. The number of ether oxygens (including phenoxy) is 2. The van der Waals surface area contributed by atoms with Gasteiger partial charge in [-0.1, -0.05) is 60.7 Å². The van der Waals surface area contributed by atoms with Gasteiger partial charge in [-0.3, -0.25) is 19.4 Å². The van der Waals surface area contributed by atoms with Crippen molar-refractivity contribution in [1.29, 1.82) is 0 Å². The number of likely N-dealkylation sites (tertiary alicyclic amines) is 2. The van der Waals surface area contributed by atoms with E-state index < -0.39 is 5.41 Å². The maximum Gasteiger partial charge on any atom is 0.311 e. The van der Waals surface area contributed by atoms with Crippen molar-refractivity contribution in [2.24, 2.45) is 10.8 Å². The first kappa shape index (κ1) is 40.8. The van der Waals surface area contributed by atoms with Crippen molar-refractivity contribution in [3.05, 3.63) is 71.8 Å². The van der Waals surface area contributed by atoms with Gasteiger partial charge in [0, 0.05) is 51.4 Å². The molecule has 3 heterocycles. The van der Waals surface area contributed by atoms with Gasteiger partial charge >= 0.3 is 11.9 Å². The van der Waals surface area contributed by atoms with Crippen LogP contribution in [0, 0.1) is 10.8 Å². The normalized spacial score (nSPS) is 18.7. The molecule has 3 saturated heterocycles. The molecule has 0 aliphatic carbocycles. The van der Waals surface area contributed by atoms with Gasteiger partial charge in [0.2, 0.25) is 0 Å². The molecular weight excluding hydrogens is 613 g/mol. The van der Waals surface area contributed by atoms with Gasteiger partial charge in [0.1, 0.15) is 12.2 Å². The van der Waals surface area contributed by atoms with Crippen molar-refractivity contribution in [3.63, 3.8) is 0 Å². The number of halogens is 2. The van der Waals surface area contributed by atoms with Gasteiger partial charge in [-0.15, -0.1) is 24.8 Å². The summed E-state index contributed by atoms with van der Waals surface area (Å²) in [4.78, 5) is 27.6. The Labute approximate surface area is 283 Å². The average Bonchev–Trinajstić information content (AvgIpc) is 2.90. The zero-order chi connectivity index (χ0) is 31.8. The van der Waals surface area contributed by atoms with E-state index >= 15 is 0 Å². The van der Waals surface area contributed by atoms with E-state index in [9.17, 15) is 14.7 Å². The summed E-state index contributed by atoms with van der Waals surface area (Å²) < 4.78 is 10.6. The van der Waals surface area contributed by atoms with E-state index in [0.29, 0.717) is 12.1 Å². The molecule has 45 heavy (non-hydrogen) atoms. The summed E-state index contributed by atoms with van der Waals surface area (Å²) >= 11 is 0. The van der Waals surface area contributed by atoms with Crippen molar-refractivity contribution in [1.82, 2.24) is 15.1 Å². The minimum Gasteiger partial charge on any atom is -0.459 e. The van der Waals surface area contributed by atoms with E-state index in [1.807, 2.05) is 53.7 Å². The van der Waals surface area contributed by atoms with Crippen LogP contribution in [-0.4, -0.2) is 84.4 Å². The lowest BCUT2D eigenvalue weighted by Gasteiger charge is -2.43. The highest BCUT2D eigenvalue weighted by Gasteiger charge is 2.36. The minimum atomic E-state index is -0.411. The highest BCUT2D eigenvalue weighted by molar-refractivity contribution is 5.85. The molecule has 3 aliphatic heterocycles. The Morgan fingerprint density at radius 2 is 1.04 bits per heavy atom. The fourth-order valence-corrected chi connectivity index (χ4v) is 4.55. The number of aliphatic hydroxyl groups is 1. The Morgan fingerprint density at radius 3 is 1.36 bits per heavy atom. The Morgan fingerprint density at radius 1 is 0.689 bits per heavy atom. The number of benzene rings is 2. The van der Waals surface area contributed by atoms with Crippen LogP contribution in [0.2, 0.25) is 0 Å². The first-order chi connectivity index (χ1) is 20.1. The molecule has 10 heteroatoms. The lowest BCUT2D eigenvalue weighted by molar-refractivity contribution is -0.168. The number of nitrogens with one attached hydrogen (secondary N) is 1. The smallest absolute Gasteiger partial charge is 0.311 e. The number of nitrogens with zero attached hydrogens (tertiary/aromatic N) is 2. The Bertz CT molecular complexity index is 1140. The summed E-state index contributed by atoms with van der Waals surface area (Å²) in [5.41, 5.74) is 1.86. The lowest BCUT2D eigenvalue weighted by atomic mass is 9.96. The van der Waals surface area contributed by atoms with Crippen LogP contribution in [0.5, 0.6) is 0 Å². The van der Waals surface area contributed by atoms with E-state index in [1.165, 1.54) is 11.1 Å². The van der Waals surface area contributed by atoms with Crippen molar-refractivity contribution >= 4 is 36.8 Å². The second kappa shape index (κ2) is 18.2. The largest absolute Gasteiger partial charge is 0.459 e. The van der Waals surface area contributed by atoms with Crippen LogP contribution in [0.15, 0.2) is 60.7 Å². The third kappa shape index (κ3) is 12.8. The summed E-state index contributed by atoms with van der Waals surface area (Å²) in [6, 6.07) is 21.6. The summed E-state index contributed by atoms with van der Waals surface area (Å²) in [5, 5.41) is 12.2. The molecule has 2 aromatic carbocycles. The second-order valence-corrected chi connectivity index (χ2v) is 13.9. The number of esters is 2. The number of hydrogen-bond acceptors (Lipinski definition) is 8. The van der Waals surface area contributed by atoms with Crippen LogP contribution in [0.25, 0.3) is 0 Å². The molecule has 2 N–H and O–H groups in total. The third-order valence-corrected chi connectivity index (χ3v) is 7.94. The van der Waals surface area contributed by atoms with E-state index in [0.717, 1.165) is 39.3 Å². The van der Waals surface area contributed by atoms with E-state index in [4.69, 9.17) is 9.47 Å². The molecule has 0 spiro atoms. The summed E-state index contributed by atoms with van der Waals surface area (Å²) in [7, 11) is 0. The molecule has 0 saturated carbocycles. The molecule has 0 amide bonds. The number of hydrogen-bond donors (Lipinski definition) is 2. The minimum absolute atomic E-state index is 0. The summed E-state index contributed by atoms with van der Waals surface area (Å²) in [6.45, 7) is 20.5. The van der Waals surface area contributed by atoms with Crippen molar-refractivity contribution in [2.45, 2.75) is 85.8 Å². The first-order valence-corrected chi connectivity index (χ1v) is 15.5. The summed E-state index contributed by atoms with van der Waals surface area (Å²) in [6.07, 6.45) is 0.0609. The zero-order valence-corrected chi connectivity index (χ0v) is 29.8. The van der Waals surface area contributed by atoms with Gasteiger partial charge in [-0.25, -0.2) is 0 Å². The molecule has 0 radical (unpaired) electrons. The Hall–Kier alpha value is -2.20. The standard InChI is InChI=1S/C16H23NO2.C11H15NO.C8H15NO2.2ClH/c1-12(13-8-6-5-7-9-13)17-10-14(11-17)19-15(18)16(2,3)4;1-9(12-7-11(13)8-12)10-5-3-2-4-6-10;1-8(2,3)7(10)11-6-4-9-5-6;;/h5-9,12,14H,10-11H2,1-4H3;2-6,9,11,13H,7-8H2,1H3;6,9H,4-5H2,1-3H3;2*1H/t12-;9-;;;/m11.../s1. The number of rotatable bonds is 6.